The third-order valence-corrected chi connectivity index (χ3v) is 4.03. The number of hydrogen-bond acceptors (Lipinski definition) is 4. The second kappa shape index (κ2) is 8.28. The van der Waals surface area contributed by atoms with Gasteiger partial charge in [-0.25, -0.2) is 4.79 Å². The van der Waals surface area contributed by atoms with Crippen molar-refractivity contribution >= 4 is 62.4 Å². The van der Waals surface area contributed by atoms with E-state index in [9.17, 15) is 14.7 Å². The average molecular weight is 444 g/mol. The second-order valence-corrected chi connectivity index (χ2v) is 6.51. The predicted molar refractivity (Wildman–Crippen MR) is 103 cm³/mol. The van der Waals surface area contributed by atoms with Crippen molar-refractivity contribution in [3.8, 4) is 5.75 Å². The molecule has 3 N–H and O–H groups in total. The number of anilines is 1. The summed E-state index contributed by atoms with van der Waals surface area (Å²) in [6, 6.07) is 9.22. The van der Waals surface area contributed by atoms with E-state index in [1.54, 1.807) is 18.2 Å². The second-order valence-electron chi connectivity index (χ2n) is 4.75. The fourth-order valence-corrected chi connectivity index (χ4v) is 2.72. The molecule has 6 nitrogen and oxygen atoms in total. The van der Waals surface area contributed by atoms with Crippen molar-refractivity contribution in [2.24, 2.45) is 0 Å². The SMILES string of the molecule is COc1ccc(Br)cc1C(=O)NC(=S)Nc1ccc(Cl)cc1C(=O)O. The van der Waals surface area contributed by atoms with E-state index in [4.69, 9.17) is 28.6 Å². The highest BCUT2D eigenvalue weighted by Crippen LogP contribution is 2.23. The molecule has 0 radical (unpaired) electrons. The molecule has 0 aromatic heterocycles. The number of methoxy groups -OCH3 is 1. The number of ether oxygens (including phenoxy) is 1. The Hall–Kier alpha value is -2.16. The number of benzene rings is 2. The Morgan fingerprint density at radius 1 is 1.20 bits per heavy atom. The van der Waals surface area contributed by atoms with Gasteiger partial charge in [0.2, 0.25) is 0 Å². The molecule has 1 amide bonds. The molecule has 130 valence electrons. The number of nitrogens with one attached hydrogen (secondary N) is 2. The van der Waals surface area contributed by atoms with Crippen LogP contribution < -0.4 is 15.4 Å². The lowest BCUT2D eigenvalue weighted by molar-refractivity contribution is 0.0697. The van der Waals surface area contributed by atoms with Gasteiger partial charge in [-0.2, -0.15) is 0 Å². The fraction of sp³-hybridized carbons (Fsp3) is 0.0625. The summed E-state index contributed by atoms with van der Waals surface area (Å²) >= 11 is 14.2. The number of carboxylic acids is 1. The summed E-state index contributed by atoms with van der Waals surface area (Å²) < 4.78 is 5.84. The molecule has 0 aliphatic rings. The van der Waals surface area contributed by atoms with Crippen LogP contribution >= 0.6 is 39.7 Å². The van der Waals surface area contributed by atoms with Gasteiger partial charge in [0.15, 0.2) is 5.11 Å². The summed E-state index contributed by atoms with van der Waals surface area (Å²) in [7, 11) is 1.45. The smallest absolute Gasteiger partial charge is 0.337 e. The van der Waals surface area contributed by atoms with Crippen molar-refractivity contribution in [1.29, 1.82) is 0 Å². The average Bonchev–Trinajstić information content (AvgIpc) is 2.56. The van der Waals surface area contributed by atoms with E-state index in [0.717, 1.165) is 0 Å². The maximum atomic E-state index is 12.4. The lowest BCUT2D eigenvalue weighted by Crippen LogP contribution is -2.34. The number of hydrogen-bond donors (Lipinski definition) is 3. The Morgan fingerprint density at radius 3 is 2.56 bits per heavy atom. The molecule has 25 heavy (non-hydrogen) atoms. The van der Waals surface area contributed by atoms with Gasteiger partial charge < -0.3 is 15.2 Å². The minimum absolute atomic E-state index is 0.0585. The van der Waals surface area contributed by atoms with E-state index in [1.807, 2.05) is 0 Å². The van der Waals surface area contributed by atoms with Crippen LogP contribution in [0.15, 0.2) is 40.9 Å². The summed E-state index contributed by atoms with van der Waals surface area (Å²) in [6.45, 7) is 0. The first-order valence-corrected chi connectivity index (χ1v) is 8.38. The molecule has 2 aromatic carbocycles. The third-order valence-electron chi connectivity index (χ3n) is 3.09. The Morgan fingerprint density at radius 2 is 1.92 bits per heavy atom. The summed E-state index contributed by atoms with van der Waals surface area (Å²) in [5.74, 6) is -1.30. The van der Waals surface area contributed by atoms with E-state index in [2.05, 4.69) is 26.6 Å². The molecule has 0 aliphatic carbocycles. The van der Waals surface area contributed by atoms with Crippen LogP contribution in [0.2, 0.25) is 5.02 Å². The molecule has 0 heterocycles. The summed E-state index contributed by atoms with van der Waals surface area (Å²) in [4.78, 5) is 23.6. The molecular weight excluding hydrogens is 432 g/mol. The number of halogens is 2. The van der Waals surface area contributed by atoms with Crippen molar-refractivity contribution in [2.45, 2.75) is 0 Å². The number of carboxylic acid groups (broad SMARTS) is 1. The molecule has 0 saturated carbocycles. The van der Waals surface area contributed by atoms with Crippen LogP contribution in [-0.4, -0.2) is 29.2 Å². The van der Waals surface area contributed by atoms with Gasteiger partial charge in [0.25, 0.3) is 5.91 Å². The van der Waals surface area contributed by atoms with E-state index < -0.39 is 11.9 Å². The highest BCUT2D eigenvalue weighted by atomic mass is 79.9. The van der Waals surface area contributed by atoms with Gasteiger partial charge in [0.05, 0.1) is 23.9 Å². The Balaban J connectivity index is 2.17. The highest BCUT2D eigenvalue weighted by molar-refractivity contribution is 9.10. The Bertz CT molecular complexity index is 860. The van der Waals surface area contributed by atoms with Crippen molar-refractivity contribution in [3.05, 3.63) is 57.0 Å². The van der Waals surface area contributed by atoms with Gasteiger partial charge >= 0.3 is 5.97 Å². The van der Waals surface area contributed by atoms with Crippen LogP contribution in [-0.2, 0) is 0 Å². The van der Waals surface area contributed by atoms with E-state index >= 15 is 0 Å². The molecule has 0 aliphatic heterocycles. The van der Waals surface area contributed by atoms with Crippen molar-refractivity contribution < 1.29 is 19.4 Å². The maximum absolute atomic E-state index is 12.4. The topological polar surface area (TPSA) is 87.7 Å². The van der Waals surface area contributed by atoms with Gasteiger partial charge in [-0.05, 0) is 48.6 Å². The monoisotopic (exact) mass is 442 g/mol. The number of amides is 1. The normalized spacial score (nSPS) is 10.0. The lowest BCUT2D eigenvalue weighted by atomic mass is 10.2. The molecule has 0 unspecified atom stereocenters. The van der Waals surface area contributed by atoms with Gasteiger partial charge in [-0.1, -0.05) is 27.5 Å². The minimum Gasteiger partial charge on any atom is -0.496 e. The molecule has 2 aromatic rings. The number of aromatic carboxylic acids is 1. The number of carbonyl (C=O) groups is 2. The van der Waals surface area contributed by atoms with Gasteiger partial charge in [-0.15, -0.1) is 0 Å². The zero-order chi connectivity index (χ0) is 18.6. The molecular formula is C16H12BrClN2O4S. The first-order valence-electron chi connectivity index (χ1n) is 6.80. The first kappa shape index (κ1) is 19.2. The van der Waals surface area contributed by atoms with Crippen LogP contribution in [0.4, 0.5) is 5.69 Å². The Kier molecular flexibility index (Phi) is 6.35. The summed E-state index contributed by atoms with van der Waals surface area (Å²) in [5.41, 5.74) is 0.420. The van der Waals surface area contributed by atoms with Crippen LogP contribution in [0.1, 0.15) is 20.7 Å². The predicted octanol–water partition coefficient (Wildman–Crippen LogP) is 3.94. The summed E-state index contributed by atoms with van der Waals surface area (Å²) in [6.07, 6.45) is 0. The molecule has 0 bridgehead atoms. The zero-order valence-corrected chi connectivity index (χ0v) is 16.0. The lowest BCUT2D eigenvalue weighted by Gasteiger charge is -2.13. The minimum atomic E-state index is -1.17. The van der Waals surface area contributed by atoms with Gasteiger partial charge in [0, 0.05) is 9.50 Å². The van der Waals surface area contributed by atoms with Crippen LogP contribution in [0.25, 0.3) is 0 Å². The van der Waals surface area contributed by atoms with Crippen molar-refractivity contribution in [1.82, 2.24) is 5.32 Å². The molecule has 2 rings (SSSR count). The number of carbonyl (C=O) groups excluding carboxylic acids is 1. The first-order chi connectivity index (χ1) is 11.8. The molecule has 9 heteroatoms. The van der Waals surface area contributed by atoms with Crippen LogP contribution in [0.3, 0.4) is 0 Å². The number of rotatable bonds is 4. The quantitative estimate of drug-likeness (QED) is 0.621. The van der Waals surface area contributed by atoms with E-state index in [1.165, 1.54) is 25.3 Å². The zero-order valence-electron chi connectivity index (χ0n) is 12.8. The summed E-state index contributed by atoms with van der Waals surface area (Å²) in [5, 5.41) is 14.6. The number of thiocarbonyl (C=S) groups is 1. The maximum Gasteiger partial charge on any atom is 0.337 e. The van der Waals surface area contributed by atoms with Crippen molar-refractivity contribution in [2.75, 3.05) is 12.4 Å². The fourth-order valence-electron chi connectivity index (χ4n) is 1.98. The Labute approximate surface area is 162 Å². The van der Waals surface area contributed by atoms with E-state index in [0.29, 0.717) is 10.2 Å². The van der Waals surface area contributed by atoms with Crippen LogP contribution in [0, 0.1) is 0 Å². The van der Waals surface area contributed by atoms with Crippen LogP contribution in [0.5, 0.6) is 5.75 Å². The molecule has 0 saturated heterocycles. The standard InChI is InChI=1S/C16H12BrClN2O4S/c1-24-13-5-2-8(17)6-11(13)14(21)20-16(25)19-12-4-3-9(18)7-10(12)15(22)23/h2-7H,1H3,(H,22,23)(H2,19,20,21,25). The van der Waals surface area contributed by atoms with Crippen molar-refractivity contribution in [3.63, 3.8) is 0 Å². The largest absolute Gasteiger partial charge is 0.496 e. The van der Waals surface area contributed by atoms with E-state index in [-0.39, 0.29) is 26.9 Å². The van der Waals surface area contributed by atoms with Gasteiger partial charge in [-0.3, -0.25) is 10.1 Å². The van der Waals surface area contributed by atoms with Gasteiger partial charge in [0.1, 0.15) is 5.75 Å². The molecule has 0 spiro atoms. The molecule has 0 fully saturated rings. The molecule has 0 atom stereocenters. The third kappa shape index (κ3) is 4.91. The highest BCUT2D eigenvalue weighted by Gasteiger charge is 2.16.